The van der Waals surface area contributed by atoms with Crippen LogP contribution in [0, 0.1) is 22.0 Å². The third kappa shape index (κ3) is 2.33. The van der Waals surface area contributed by atoms with Crippen LogP contribution in [0.2, 0.25) is 0 Å². The predicted octanol–water partition coefficient (Wildman–Crippen LogP) is 2.55. The molecule has 0 bridgehead atoms. The molecule has 108 valence electrons. The van der Waals surface area contributed by atoms with Crippen LogP contribution in [0.4, 0.5) is 5.69 Å². The van der Waals surface area contributed by atoms with Crippen molar-refractivity contribution in [1.82, 2.24) is 4.31 Å². The normalized spacial score (nSPS) is 24.3. The largest absolute Gasteiger partial charge is 0.284 e. The predicted molar refractivity (Wildman–Crippen MR) is 76.2 cm³/mol. The Hall–Kier alpha value is -2.15. The molecule has 2 aliphatic rings. The first-order valence-corrected chi connectivity index (χ1v) is 7.31. The fourth-order valence-electron chi connectivity index (χ4n) is 2.64. The van der Waals surface area contributed by atoms with Crippen molar-refractivity contribution in [2.75, 3.05) is 0 Å². The number of nitro benzene ring substituents is 1. The number of benzene rings is 1. The second kappa shape index (κ2) is 5.33. The number of carbonyl (C=O) groups excluding carboxylic acids is 2. The smallest absolute Gasteiger partial charge is 0.273 e. The summed E-state index contributed by atoms with van der Waals surface area (Å²) in [7, 11) is 0. The molecule has 7 heteroatoms. The molecular formula is C14H12N2O4S. The minimum absolute atomic E-state index is 0.101. The van der Waals surface area contributed by atoms with Crippen LogP contribution in [0.3, 0.4) is 0 Å². The number of nitrogens with zero attached hydrogens (tertiary/aromatic N) is 2. The van der Waals surface area contributed by atoms with Gasteiger partial charge < -0.3 is 0 Å². The number of nitro groups is 1. The summed E-state index contributed by atoms with van der Waals surface area (Å²) >= 11 is 0.853. The monoisotopic (exact) mass is 304 g/mol. The second-order valence-electron chi connectivity index (χ2n) is 4.94. The molecule has 1 aromatic carbocycles. The van der Waals surface area contributed by atoms with Crippen molar-refractivity contribution in [3.05, 3.63) is 46.5 Å². The molecule has 2 unspecified atom stereocenters. The van der Waals surface area contributed by atoms with E-state index >= 15 is 0 Å². The van der Waals surface area contributed by atoms with E-state index in [2.05, 4.69) is 0 Å². The summed E-state index contributed by atoms with van der Waals surface area (Å²) in [5.74, 6) is -1.15. The highest BCUT2D eigenvalue weighted by atomic mass is 32.2. The Kier molecular flexibility index (Phi) is 3.50. The van der Waals surface area contributed by atoms with Gasteiger partial charge in [0.15, 0.2) is 0 Å². The van der Waals surface area contributed by atoms with Crippen molar-refractivity contribution in [3.8, 4) is 0 Å². The number of carbonyl (C=O) groups is 2. The lowest BCUT2D eigenvalue weighted by Crippen LogP contribution is -2.23. The van der Waals surface area contributed by atoms with Gasteiger partial charge >= 0.3 is 0 Å². The van der Waals surface area contributed by atoms with Gasteiger partial charge in [0.05, 0.1) is 16.8 Å². The van der Waals surface area contributed by atoms with E-state index in [1.54, 1.807) is 18.2 Å². The molecule has 0 N–H and O–H groups in total. The van der Waals surface area contributed by atoms with Crippen molar-refractivity contribution in [3.63, 3.8) is 0 Å². The molecule has 0 radical (unpaired) electrons. The highest BCUT2D eigenvalue weighted by molar-refractivity contribution is 7.98. The van der Waals surface area contributed by atoms with Gasteiger partial charge in [-0.15, -0.1) is 0 Å². The molecule has 1 aliphatic carbocycles. The summed E-state index contributed by atoms with van der Waals surface area (Å²) in [6.45, 7) is 0. The molecule has 2 atom stereocenters. The van der Waals surface area contributed by atoms with Crippen LogP contribution in [0.15, 0.2) is 41.3 Å². The average molecular weight is 304 g/mol. The quantitative estimate of drug-likeness (QED) is 0.282. The summed E-state index contributed by atoms with van der Waals surface area (Å²) in [5.41, 5.74) is -0.101. The molecule has 21 heavy (non-hydrogen) atoms. The zero-order chi connectivity index (χ0) is 15.0. The Morgan fingerprint density at radius 1 is 1.10 bits per heavy atom. The Morgan fingerprint density at radius 3 is 2.24 bits per heavy atom. The van der Waals surface area contributed by atoms with Crippen molar-refractivity contribution >= 4 is 29.4 Å². The highest BCUT2D eigenvalue weighted by Crippen LogP contribution is 2.41. The molecule has 0 saturated carbocycles. The Labute approximate surface area is 125 Å². The Balaban J connectivity index is 1.88. The van der Waals surface area contributed by atoms with Gasteiger partial charge in [-0.1, -0.05) is 24.3 Å². The maximum atomic E-state index is 12.3. The summed E-state index contributed by atoms with van der Waals surface area (Å²) in [4.78, 5) is 35.4. The first-order valence-electron chi connectivity index (χ1n) is 6.54. The molecule has 2 amide bonds. The number of allylic oxidation sites excluding steroid dienone is 2. The van der Waals surface area contributed by atoms with Gasteiger partial charge in [-0.3, -0.25) is 19.7 Å². The molecule has 0 aromatic heterocycles. The molecule has 1 saturated heterocycles. The fourth-order valence-corrected chi connectivity index (χ4v) is 3.67. The lowest BCUT2D eigenvalue weighted by atomic mass is 9.85. The molecule has 3 rings (SSSR count). The first-order chi connectivity index (χ1) is 10.1. The Morgan fingerprint density at radius 2 is 1.67 bits per heavy atom. The van der Waals surface area contributed by atoms with E-state index in [0.29, 0.717) is 17.7 Å². The van der Waals surface area contributed by atoms with Crippen LogP contribution in [-0.2, 0) is 9.59 Å². The Bertz CT molecular complexity index is 632. The van der Waals surface area contributed by atoms with Gasteiger partial charge in [0.25, 0.3) is 5.69 Å². The number of para-hydroxylation sites is 1. The second-order valence-corrected chi connectivity index (χ2v) is 5.93. The zero-order valence-corrected chi connectivity index (χ0v) is 11.8. The van der Waals surface area contributed by atoms with E-state index < -0.39 is 4.92 Å². The minimum atomic E-state index is -0.512. The lowest BCUT2D eigenvalue weighted by molar-refractivity contribution is -0.387. The van der Waals surface area contributed by atoms with E-state index in [1.807, 2.05) is 12.2 Å². The minimum Gasteiger partial charge on any atom is -0.273 e. The molecule has 0 spiro atoms. The van der Waals surface area contributed by atoms with E-state index in [0.717, 1.165) is 16.3 Å². The van der Waals surface area contributed by atoms with E-state index in [4.69, 9.17) is 0 Å². The summed E-state index contributed by atoms with van der Waals surface area (Å²) in [6.07, 6.45) is 4.93. The van der Waals surface area contributed by atoms with Crippen molar-refractivity contribution in [2.45, 2.75) is 17.7 Å². The maximum absolute atomic E-state index is 12.3. The van der Waals surface area contributed by atoms with Gasteiger partial charge in [0.1, 0.15) is 4.90 Å². The van der Waals surface area contributed by atoms with E-state index in [1.165, 1.54) is 6.07 Å². The topological polar surface area (TPSA) is 80.5 Å². The van der Waals surface area contributed by atoms with Crippen molar-refractivity contribution in [2.24, 2.45) is 11.8 Å². The standard InChI is InChI=1S/C14H12N2O4S/c17-13-9-5-1-2-6-10(9)14(18)15(13)21-12-8-4-3-7-11(12)16(19)20/h1-4,7-10H,5-6H2. The van der Waals surface area contributed by atoms with Gasteiger partial charge in [-0.05, 0) is 18.9 Å². The molecule has 6 nitrogen and oxygen atoms in total. The van der Waals surface area contributed by atoms with Crippen LogP contribution < -0.4 is 0 Å². The van der Waals surface area contributed by atoms with Gasteiger partial charge in [-0.25, -0.2) is 4.31 Å². The fraction of sp³-hybridized carbons (Fsp3) is 0.286. The maximum Gasteiger partial charge on any atom is 0.284 e. The average Bonchev–Trinajstić information content (AvgIpc) is 2.73. The number of hydrogen-bond acceptors (Lipinski definition) is 5. The van der Waals surface area contributed by atoms with Crippen LogP contribution >= 0.6 is 11.9 Å². The summed E-state index contributed by atoms with van der Waals surface area (Å²) < 4.78 is 1.09. The summed E-state index contributed by atoms with van der Waals surface area (Å²) in [6, 6.07) is 6.11. The number of fused-ring (bicyclic) bond motifs is 1. The van der Waals surface area contributed by atoms with Gasteiger partial charge in [0, 0.05) is 18.0 Å². The number of rotatable bonds is 3. The summed E-state index contributed by atoms with van der Waals surface area (Å²) in [5, 5.41) is 11.0. The van der Waals surface area contributed by atoms with Crippen molar-refractivity contribution in [1.29, 1.82) is 0 Å². The number of imide groups is 1. The lowest BCUT2D eigenvalue weighted by Gasteiger charge is -2.14. The first kappa shape index (κ1) is 13.8. The third-order valence-corrected chi connectivity index (χ3v) is 4.80. The number of hydrogen-bond donors (Lipinski definition) is 0. The van der Waals surface area contributed by atoms with E-state index in [-0.39, 0.29) is 29.3 Å². The molecule has 1 aliphatic heterocycles. The zero-order valence-electron chi connectivity index (χ0n) is 11.0. The van der Waals surface area contributed by atoms with Crippen LogP contribution in [0.5, 0.6) is 0 Å². The molecule has 1 heterocycles. The highest BCUT2D eigenvalue weighted by Gasteiger charge is 2.48. The van der Waals surface area contributed by atoms with Crippen LogP contribution in [0.25, 0.3) is 0 Å². The van der Waals surface area contributed by atoms with Crippen LogP contribution in [0.1, 0.15) is 12.8 Å². The van der Waals surface area contributed by atoms with Crippen LogP contribution in [-0.4, -0.2) is 21.0 Å². The van der Waals surface area contributed by atoms with E-state index in [9.17, 15) is 19.7 Å². The van der Waals surface area contributed by atoms with Gasteiger partial charge in [0.2, 0.25) is 11.8 Å². The molecular weight excluding hydrogens is 292 g/mol. The molecule has 1 aromatic rings. The third-order valence-electron chi connectivity index (χ3n) is 3.72. The number of amides is 2. The SMILES string of the molecule is O=C1C2CC=CCC2C(=O)N1Sc1ccccc1[N+](=O)[O-]. The molecule has 1 fully saturated rings. The van der Waals surface area contributed by atoms with Gasteiger partial charge in [-0.2, -0.15) is 0 Å². The van der Waals surface area contributed by atoms with Crippen molar-refractivity contribution < 1.29 is 14.5 Å².